The summed E-state index contributed by atoms with van der Waals surface area (Å²) in [5.41, 5.74) is 17.2. The molecule has 0 spiro atoms. The molecule has 0 bridgehead atoms. The first-order valence-corrected chi connectivity index (χ1v) is 11.3. The van der Waals surface area contributed by atoms with E-state index >= 15 is 0 Å². The van der Waals surface area contributed by atoms with Crippen LogP contribution in [0.1, 0.15) is 36.1 Å². The van der Waals surface area contributed by atoms with Crippen LogP contribution < -0.4 is 10.9 Å². The fraction of sp³-hybridized carbons (Fsp3) is 0.172. The number of benzene rings is 4. The molecule has 2 heteroatoms. The van der Waals surface area contributed by atoms with E-state index < -0.39 is 0 Å². The first kappa shape index (κ1) is 16.4. The molecule has 31 heavy (non-hydrogen) atoms. The number of hydrogen-bond acceptors (Lipinski definition) is 0. The molecule has 0 atom stereocenters. The van der Waals surface area contributed by atoms with E-state index in [1.165, 1.54) is 77.2 Å². The Morgan fingerprint density at radius 3 is 1.61 bits per heavy atom. The van der Waals surface area contributed by atoms with Crippen LogP contribution in [-0.2, 0) is 5.41 Å². The lowest BCUT2D eigenvalue weighted by atomic mass is 9.38. The number of aromatic nitrogens is 1. The summed E-state index contributed by atoms with van der Waals surface area (Å²) in [6, 6.07) is 23.6. The van der Waals surface area contributed by atoms with Crippen LogP contribution in [0.4, 0.5) is 0 Å². The molecular formula is C29H22BN. The lowest BCUT2D eigenvalue weighted by Crippen LogP contribution is -2.61. The van der Waals surface area contributed by atoms with Crippen molar-refractivity contribution in [3.8, 4) is 22.3 Å². The van der Waals surface area contributed by atoms with E-state index in [1.807, 2.05) is 0 Å². The third-order valence-corrected chi connectivity index (χ3v) is 8.22. The highest BCUT2D eigenvalue weighted by molar-refractivity contribution is 6.90. The third-order valence-electron chi connectivity index (χ3n) is 8.22. The van der Waals surface area contributed by atoms with Crippen molar-refractivity contribution >= 4 is 39.6 Å². The topological polar surface area (TPSA) is 4.93 Å². The minimum Gasteiger partial charge on any atom is -0.375 e. The van der Waals surface area contributed by atoms with Gasteiger partial charge in [-0.05, 0) is 82.4 Å². The number of fused-ring (bicyclic) bond motifs is 3. The minimum absolute atomic E-state index is 0.0127. The number of hydrogen-bond donors (Lipinski definition) is 0. The summed E-state index contributed by atoms with van der Waals surface area (Å²) < 4.78 is 2.70. The van der Waals surface area contributed by atoms with Gasteiger partial charge in [0.15, 0.2) is 0 Å². The summed E-state index contributed by atoms with van der Waals surface area (Å²) in [4.78, 5) is 0. The Morgan fingerprint density at radius 2 is 1.13 bits per heavy atom. The molecule has 8 rings (SSSR count). The molecule has 0 unspecified atom stereocenters. The van der Waals surface area contributed by atoms with E-state index in [9.17, 15) is 0 Å². The molecule has 1 nitrogen and oxygen atoms in total. The first-order chi connectivity index (χ1) is 15.0. The predicted octanol–water partition coefficient (Wildman–Crippen LogP) is 5.67. The van der Waals surface area contributed by atoms with Crippen LogP contribution in [0.2, 0.25) is 0 Å². The molecule has 3 aliphatic heterocycles. The maximum Gasteiger partial charge on any atom is 0.330 e. The molecule has 4 heterocycles. The van der Waals surface area contributed by atoms with Crippen LogP contribution in [0.3, 0.4) is 0 Å². The van der Waals surface area contributed by atoms with Crippen molar-refractivity contribution < 1.29 is 0 Å². The summed E-state index contributed by atoms with van der Waals surface area (Å²) in [5, 5.41) is 2.82. The molecule has 0 amide bonds. The predicted molar refractivity (Wildman–Crippen MR) is 132 cm³/mol. The van der Waals surface area contributed by atoms with Crippen molar-refractivity contribution in [2.45, 2.75) is 33.1 Å². The zero-order chi connectivity index (χ0) is 20.8. The normalized spacial score (nSPS) is 15.9. The molecule has 0 radical (unpaired) electrons. The van der Waals surface area contributed by atoms with Gasteiger partial charge in [-0.1, -0.05) is 50.2 Å². The molecule has 146 valence electrons. The first-order valence-electron chi connectivity index (χ1n) is 11.3. The average Bonchev–Trinajstić information content (AvgIpc) is 3.07. The van der Waals surface area contributed by atoms with Gasteiger partial charge in [-0.15, -0.1) is 0 Å². The molecule has 3 aliphatic rings. The molecule has 5 aromatic rings. The van der Waals surface area contributed by atoms with Gasteiger partial charge in [0.25, 0.3) is 0 Å². The summed E-state index contributed by atoms with van der Waals surface area (Å²) in [5.74, 6) is 0. The standard InChI is InChI=1S/C29H22BN/c1-15-11-19-17-7-5-9-23-25(17)30-26-18(8-6-10-24(26)29(23,3)4)20-12-16(2)14-22-21(13-15)27(19)31(30)28(20)22/h5-14H,1-4H3. The van der Waals surface area contributed by atoms with Gasteiger partial charge in [-0.2, -0.15) is 0 Å². The highest BCUT2D eigenvalue weighted by Crippen LogP contribution is 2.49. The Kier molecular flexibility index (Phi) is 2.55. The van der Waals surface area contributed by atoms with Crippen LogP contribution in [0.25, 0.3) is 44.1 Å². The quantitative estimate of drug-likeness (QED) is 0.292. The fourth-order valence-electron chi connectivity index (χ4n) is 7.09. The van der Waals surface area contributed by atoms with Gasteiger partial charge < -0.3 is 4.48 Å². The van der Waals surface area contributed by atoms with E-state index in [0.29, 0.717) is 0 Å². The zero-order valence-electron chi connectivity index (χ0n) is 18.3. The van der Waals surface area contributed by atoms with Crippen molar-refractivity contribution in [2.75, 3.05) is 0 Å². The monoisotopic (exact) mass is 395 g/mol. The molecule has 0 aliphatic carbocycles. The Morgan fingerprint density at radius 1 is 0.645 bits per heavy atom. The van der Waals surface area contributed by atoms with Gasteiger partial charge >= 0.3 is 6.85 Å². The van der Waals surface area contributed by atoms with Crippen LogP contribution in [-0.4, -0.2) is 11.3 Å². The molecule has 1 aromatic heterocycles. The van der Waals surface area contributed by atoms with Crippen LogP contribution >= 0.6 is 0 Å². The van der Waals surface area contributed by atoms with Gasteiger partial charge in [-0.3, -0.25) is 0 Å². The summed E-state index contributed by atoms with van der Waals surface area (Å²) >= 11 is 0. The van der Waals surface area contributed by atoms with E-state index in [2.05, 4.69) is 92.8 Å². The molecule has 0 N–H and O–H groups in total. The van der Waals surface area contributed by atoms with Crippen molar-refractivity contribution in [1.82, 2.24) is 4.48 Å². The largest absolute Gasteiger partial charge is 0.375 e. The van der Waals surface area contributed by atoms with Gasteiger partial charge in [0.05, 0.1) is 0 Å². The lowest BCUT2D eigenvalue weighted by molar-refractivity contribution is 0.645. The summed E-state index contributed by atoms with van der Waals surface area (Å²) in [7, 11) is 0. The van der Waals surface area contributed by atoms with E-state index in [4.69, 9.17) is 0 Å². The van der Waals surface area contributed by atoms with Crippen molar-refractivity contribution in [3.63, 3.8) is 0 Å². The number of rotatable bonds is 0. The third kappa shape index (κ3) is 1.61. The summed E-state index contributed by atoms with van der Waals surface area (Å²) in [6.45, 7) is 9.58. The van der Waals surface area contributed by atoms with Gasteiger partial charge in [0.1, 0.15) is 0 Å². The second-order valence-electron chi connectivity index (χ2n) is 10.3. The maximum absolute atomic E-state index is 2.70. The van der Waals surface area contributed by atoms with Gasteiger partial charge in [0.2, 0.25) is 0 Å². The maximum atomic E-state index is 2.70. The SMILES string of the molecule is Cc1cc2c3c(c1)c1cc(C)cc4c1n3B1c3c-2cccc3C(C)(C)c2cccc-4c21. The summed E-state index contributed by atoms with van der Waals surface area (Å²) in [6.07, 6.45) is 0. The second kappa shape index (κ2) is 4.80. The Balaban J connectivity index is 1.77. The Labute approximate surface area is 182 Å². The molecule has 0 saturated carbocycles. The minimum atomic E-state index is -0.0127. The highest BCUT2D eigenvalue weighted by Gasteiger charge is 2.48. The zero-order valence-corrected chi connectivity index (χ0v) is 18.3. The molecule has 4 aromatic carbocycles. The van der Waals surface area contributed by atoms with Gasteiger partial charge in [-0.25, -0.2) is 0 Å². The number of nitrogens with zero attached hydrogens (tertiary/aromatic N) is 1. The van der Waals surface area contributed by atoms with Gasteiger partial charge in [0, 0.05) is 38.3 Å². The highest BCUT2D eigenvalue weighted by atomic mass is 14.9. The average molecular weight is 395 g/mol. The van der Waals surface area contributed by atoms with E-state index in [-0.39, 0.29) is 12.3 Å². The molecular weight excluding hydrogens is 373 g/mol. The number of aryl methyl sites for hydroxylation is 2. The van der Waals surface area contributed by atoms with Crippen LogP contribution in [0.15, 0.2) is 60.7 Å². The smallest absolute Gasteiger partial charge is 0.330 e. The van der Waals surface area contributed by atoms with Crippen molar-refractivity contribution in [1.29, 1.82) is 0 Å². The van der Waals surface area contributed by atoms with Crippen LogP contribution in [0.5, 0.6) is 0 Å². The van der Waals surface area contributed by atoms with Crippen molar-refractivity contribution in [2.24, 2.45) is 0 Å². The lowest BCUT2D eigenvalue weighted by Gasteiger charge is -2.44. The Hall–Kier alpha value is -3.26. The van der Waals surface area contributed by atoms with E-state index in [0.717, 1.165) is 0 Å². The van der Waals surface area contributed by atoms with Crippen LogP contribution in [0, 0.1) is 13.8 Å². The second-order valence-corrected chi connectivity index (χ2v) is 10.3. The van der Waals surface area contributed by atoms with Crippen molar-refractivity contribution in [3.05, 3.63) is 82.9 Å². The fourth-order valence-corrected chi connectivity index (χ4v) is 7.09. The van der Waals surface area contributed by atoms with E-state index in [1.54, 1.807) is 0 Å². The molecule has 0 saturated heterocycles. The Bertz CT molecular complexity index is 1560. The molecule has 0 fully saturated rings.